The minimum atomic E-state index is 0.470. The first-order valence-corrected chi connectivity index (χ1v) is 8.37. The van der Waals surface area contributed by atoms with Gasteiger partial charge < -0.3 is 10.1 Å². The van der Waals surface area contributed by atoms with Crippen LogP contribution in [0.3, 0.4) is 0 Å². The molecule has 4 unspecified atom stereocenters. The molecule has 0 heterocycles. The van der Waals surface area contributed by atoms with Crippen LogP contribution in [0.25, 0.3) is 0 Å². The molecule has 2 saturated carbocycles. The van der Waals surface area contributed by atoms with Crippen LogP contribution < -0.4 is 5.32 Å². The van der Waals surface area contributed by atoms with Gasteiger partial charge in [0.1, 0.15) is 0 Å². The molecule has 2 aliphatic rings. The zero-order chi connectivity index (χ0) is 13.9. The summed E-state index contributed by atoms with van der Waals surface area (Å²) in [5.41, 5.74) is 0.470. The van der Waals surface area contributed by atoms with Crippen molar-refractivity contribution in [3.8, 4) is 0 Å². The lowest BCUT2D eigenvalue weighted by Crippen LogP contribution is -2.40. The number of hydrogen-bond donors (Lipinski definition) is 1. The lowest BCUT2D eigenvalue weighted by molar-refractivity contribution is -0.0797. The van der Waals surface area contributed by atoms with E-state index >= 15 is 0 Å². The Bertz CT molecular complexity index is 274. The molecule has 0 aromatic heterocycles. The molecule has 2 aliphatic carbocycles. The van der Waals surface area contributed by atoms with Gasteiger partial charge >= 0.3 is 0 Å². The molecule has 0 spiro atoms. The van der Waals surface area contributed by atoms with Crippen LogP contribution >= 0.6 is 0 Å². The molecule has 1 N–H and O–H groups in total. The van der Waals surface area contributed by atoms with Crippen molar-refractivity contribution in [3.63, 3.8) is 0 Å². The molecule has 0 saturated heterocycles. The predicted octanol–water partition coefficient (Wildman–Crippen LogP) is 4.14. The lowest BCUT2D eigenvalue weighted by atomic mass is 9.71. The fourth-order valence-corrected chi connectivity index (χ4v) is 4.38. The largest absolute Gasteiger partial charge is 0.375 e. The Kier molecular flexibility index (Phi) is 5.30. The van der Waals surface area contributed by atoms with E-state index in [0.29, 0.717) is 23.7 Å². The van der Waals surface area contributed by atoms with Gasteiger partial charge in [-0.1, -0.05) is 27.7 Å². The molecule has 112 valence electrons. The van der Waals surface area contributed by atoms with Gasteiger partial charge in [-0.25, -0.2) is 0 Å². The van der Waals surface area contributed by atoms with E-state index in [1.54, 1.807) is 0 Å². The third-order valence-corrected chi connectivity index (χ3v) is 4.85. The lowest BCUT2D eigenvalue weighted by Gasteiger charge is -2.41. The molecular formula is C17H33NO. The zero-order valence-electron chi connectivity index (χ0n) is 13.4. The number of hydrogen-bond acceptors (Lipinski definition) is 2. The van der Waals surface area contributed by atoms with Crippen molar-refractivity contribution < 1.29 is 4.74 Å². The van der Waals surface area contributed by atoms with E-state index in [1.807, 2.05) is 0 Å². The van der Waals surface area contributed by atoms with Crippen molar-refractivity contribution in [2.75, 3.05) is 6.54 Å². The third-order valence-electron chi connectivity index (χ3n) is 4.85. The van der Waals surface area contributed by atoms with Crippen molar-refractivity contribution in [2.45, 2.75) is 90.9 Å². The monoisotopic (exact) mass is 267 g/mol. The Hall–Kier alpha value is -0.0800. The van der Waals surface area contributed by atoms with Gasteiger partial charge in [-0.2, -0.15) is 0 Å². The molecule has 2 nitrogen and oxygen atoms in total. The molecular weight excluding hydrogens is 234 g/mol. The van der Waals surface area contributed by atoms with Crippen LogP contribution in [0.4, 0.5) is 0 Å². The molecule has 19 heavy (non-hydrogen) atoms. The Balaban J connectivity index is 1.83. The fraction of sp³-hybridized carbons (Fsp3) is 1.00. The van der Waals surface area contributed by atoms with Gasteiger partial charge in [0, 0.05) is 6.04 Å². The summed E-state index contributed by atoms with van der Waals surface area (Å²) in [5, 5.41) is 3.60. The Morgan fingerprint density at radius 2 is 1.89 bits per heavy atom. The third kappa shape index (κ3) is 4.75. The van der Waals surface area contributed by atoms with Crippen LogP contribution in [0.2, 0.25) is 0 Å². The summed E-state index contributed by atoms with van der Waals surface area (Å²) >= 11 is 0. The zero-order valence-corrected chi connectivity index (χ0v) is 13.4. The van der Waals surface area contributed by atoms with E-state index in [2.05, 4.69) is 33.0 Å². The number of ether oxygens (including phenoxy) is 1. The van der Waals surface area contributed by atoms with Crippen LogP contribution in [-0.2, 0) is 4.74 Å². The topological polar surface area (TPSA) is 21.3 Å². The minimum absolute atomic E-state index is 0.470. The highest BCUT2D eigenvalue weighted by atomic mass is 16.5. The molecule has 0 bridgehead atoms. The van der Waals surface area contributed by atoms with Gasteiger partial charge in [-0.15, -0.1) is 0 Å². The highest BCUT2D eigenvalue weighted by molar-refractivity contribution is 4.85. The van der Waals surface area contributed by atoms with Crippen LogP contribution in [0.1, 0.15) is 72.6 Å². The van der Waals surface area contributed by atoms with Crippen LogP contribution in [-0.4, -0.2) is 24.8 Å². The maximum atomic E-state index is 6.47. The summed E-state index contributed by atoms with van der Waals surface area (Å²) in [6, 6.07) is 0.692. The molecule has 0 aromatic carbocycles. The first-order valence-electron chi connectivity index (χ1n) is 8.37. The highest BCUT2D eigenvalue weighted by Crippen LogP contribution is 2.40. The van der Waals surface area contributed by atoms with E-state index in [1.165, 1.54) is 44.9 Å². The van der Waals surface area contributed by atoms with E-state index in [4.69, 9.17) is 4.74 Å². The maximum Gasteiger partial charge on any atom is 0.0593 e. The van der Waals surface area contributed by atoms with Gasteiger partial charge in [0.15, 0.2) is 0 Å². The van der Waals surface area contributed by atoms with Crippen LogP contribution in [0.5, 0.6) is 0 Å². The summed E-state index contributed by atoms with van der Waals surface area (Å²) in [7, 11) is 0. The van der Waals surface area contributed by atoms with E-state index in [9.17, 15) is 0 Å². The van der Waals surface area contributed by atoms with Crippen molar-refractivity contribution >= 4 is 0 Å². The molecule has 0 aromatic rings. The van der Waals surface area contributed by atoms with Crippen molar-refractivity contribution in [1.29, 1.82) is 0 Å². The normalized spacial score (nSPS) is 39.2. The SMILES string of the molecule is CCNC1CCCC(OC2CC(C)CC(C)(C)C2)C1. The van der Waals surface area contributed by atoms with Gasteiger partial charge in [-0.3, -0.25) is 0 Å². The van der Waals surface area contributed by atoms with Crippen molar-refractivity contribution in [2.24, 2.45) is 11.3 Å². The summed E-state index contributed by atoms with van der Waals surface area (Å²) in [6.07, 6.45) is 10.0. The van der Waals surface area contributed by atoms with Crippen molar-refractivity contribution in [3.05, 3.63) is 0 Å². The second-order valence-electron chi connectivity index (χ2n) is 7.71. The smallest absolute Gasteiger partial charge is 0.0593 e. The number of nitrogens with one attached hydrogen (secondary N) is 1. The van der Waals surface area contributed by atoms with Gasteiger partial charge in [-0.05, 0) is 62.8 Å². The van der Waals surface area contributed by atoms with E-state index in [-0.39, 0.29) is 0 Å². The van der Waals surface area contributed by atoms with Gasteiger partial charge in [0.25, 0.3) is 0 Å². The molecule has 2 fully saturated rings. The van der Waals surface area contributed by atoms with E-state index < -0.39 is 0 Å². The Labute approximate surface area is 119 Å². The molecule has 2 heteroatoms. The molecule has 0 amide bonds. The fourth-order valence-electron chi connectivity index (χ4n) is 4.38. The summed E-state index contributed by atoms with van der Waals surface area (Å²) in [4.78, 5) is 0. The summed E-state index contributed by atoms with van der Waals surface area (Å²) < 4.78 is 6.47. The minimum Gasteiger partial charge on any atom is -0.375 e. The molecule has 0 radical (unpaired) electrons. The first-order chi connectivity index (χ1) is 8.98. The second-order valence-corrected chi connectivity index (χ2v) is 7.71. The Morgan fingerprint density at radius 3 is 2.58 bits per heavy atom. The standard InChI is InChI=1S/C17H33NO/c1-5-18-14-7-6-8-15(10-14)19-16-9-13(2)11-17(3,4)12-16/h13-16,18H,5-12H2,1-4H3. The van der Waals surface area contributed by atoms with Crippen LogP contribution in [0.15, 0.2) is 0 Å². The predicted molar refractivity (Wildman–Crippen MR) is 81.4 cm³/mol. The quantitative estimate of drug-likeness (QED) is 0.826. The van der Waals surface area contributed by atoms with Gasteiger partial charge in [0.2, 0.25) is 0 Å². The first kappa shape index (κ1) is 15.3. The highest BCUT2D eigenvalue weighted by Gasteiger charge is 2.34. The van der Waals surface area contributed by atoms with Gasteiger partial charge in [0.05, 0.1) is 12.2 Å². The summed E-state index contributed by atoms with van der Waals surface area (Å²) in [5.74, 6) is 0.821. The van der Waals surface area contributed by atoms with Crippen LogP contribution in [0, 0.1) is 11.3 Å². The second kappa shape index (κ2) is 6.58. The van der Waals surface area contributed by atoms with E-state index in [0.717, 1.165) is 12.5 Å². The molecule has 4 atom stereocenters. The molecule has 2 rings (SSSR count). The average Bonchev–Trinajstić information content (AvgIpc) is 2.26. The average molecular weight is 267 g/mol. The molecule has 0 aliphatic heterocycles. The summed E-state index contributed by atoms with van der Waals surface area (Å²) in [6.45, 7) is 10.5. The van der Waals surface area contributed by atoms with Crippen molar-refractivity contribution in [1.82, 2.24) is 5.32 Å². The Morgan fingerprint density at radius 1 is 1.11 bits per heavy atom. The maximum absolute atomic E-state index is 6.47. The number of rotatable bonds is 4.